The van der Waals surface area contributed by atoms with Crippen molar-refractivity contribution < 1.29 is 0 Å². The van der Waals surface area contributed by atoms with E-state index >= 15 is 0 Å². The average molecular weight is 241 g/mol. The van der Waals surface area contributed by atoms with Crippen LogP contribution in [0, 0.1) is 23.2 Å². The van der Waals surface area contributed by atoms with E-state index in [4.69, 9.17) is 11.1 Å². The Morgan fingerprint density at radius 3 is 2.94 bits per heavy atom. The Hall–Kier alpha value is -1.51. The molecule has 4 atom stereocenters. The molecule has 1 aromatic carbocycles. The lowest BCUT2D eigenvalue weighted by Crippen LogP contribution is -2.33. The number of fused-ring (bicyclic) bond motifs is 7. The van der Waals surface area contributed by atoms with Crippen LogP contribution in [0.5, 0.6) is 0 Å². The fraction of sp³-hybridized carbons (Fsp3) is 0.533. The second kappa shape index (κ2) is 3.50. The molecule has 2 saturated carbocycles. The third-order valence-electron chi connectivity index (χ3n) is 5.42. The van der Waals surface area contributed by atoms with E-state index in [0.29, 0.717) is 5.92 Å². The van der Waals surface area contributed by atoms with Gasteiger partial charge >= 0.3 is 0 Å². The first kappa shape index (κ1) is 10.4. The zero-order chi connectivity index (χ0) is 12.3. The second-order valence-electron chi connectivity index (χ2n) is 6.08. The fourth-order valence-electron chi connectivity index (χ4n) is 4.71. The van der Waals surface area contributed by atoms with Crippen LogP contribution in [0.1, 0.15) is 36.3 Å². The Bertz CT molecular complexity index is 523. The van der Waals surface area contributed by atoms with Crippen LogP contribution in [-0.2, 0) is 0 Å². The van der Waals surface area contributed by atoms with Gasteiger partial charge in [-0.3, -0.25) is 0 Å². The van der Waals surface area contributed by atoms with Crippen LogP contribution in [0.25, 0.3) is 0 Å². The van der Waals surface area contributed by atoms with Crippen LogP contribution < -0.4 is 11.1 Å². The smallest absolute Gasteiger partial charge is 0.0407 e. The monoisotopic (exact) mass is 241 g/mol. The highest BCUT2D eigenvalue weighted by Gasteiger charge is 2.50. The maximum atomic E-state index is 7.68. The van der Waals surface area contributed by atoms with E-state index in [1.165, 1.54) is 36.7 Å². The Morgan fingerprint density at radius 1 is 1.28 bits per heavy atom. The minimum atomic E-state index is 0.653. The standard InChI is InChI=1S/C15H19N3/c16-6-10-12(17)3-4-13-15(10)14-9-2-1-8(5-9)11(14)7-18-13/h3-4,6,8-9,11,14,16,18H,1-2,5,7,17H2/t8?,9?,11-,14+/m1/s1. The third kappa shape index (κ3) is 1.17. The van der Waals surface area contributed by atoms with Gasteiger partial charge < -0.3 is 16.5 Å². The van der Waals surface area contributed by atoms with Gasteiger partial charge in [0.1, 0.15) is 0 Å². The molecule has 1 heterocycles. The summed E-state index contributed by atoms with van der Waals surface area (Å²) < 4.78 is 0. The van der Waals surface area contributed by atoms with E-state index in [1.54, 1.807) is 0 Å². The molecule has 18 heavy (non-hydrogen) atoms. The summed E-state index contributed by atoms with van der Waals surface area (Å²) in [5.41, 5.74) is 10.3. The third-order valence-corrected chi connectivity index (χ3v) is 5.42. The van der Waals surface area contributed by atoms with Gasteiger partial charge in [-0.25, -0.2) is 0 Å². The lowest BCUT2D eigenvalue weighted by Gasteiger charge is -2.38. The number of hydrogen-bond donors (Lipinski definition) is 3. The first-order valence-electron chi connectivity index (χ1n) is 6.96. The molecule has 0 saturated heterocycles. The van der Waals surface area contributed by atoms with Crippen molar-refractivity contribution in [3.63, 3.8) is 0 Å². The van der Waals surface area contributed by atoms with Gasteiger partial charge in [-0.2, -0.15) is 0 Å². The quantitative estimate of drug-likeness (QED) is 0.523. The predicted molar refractivity (Wildman–Crippen MR) is 74.3 cm³/mol. The summed E-state index contributed by atoms with van der Waals surface area (Å²) in [4.78, 5) is 0. The van der Waals surface area contributed by atoms with Crippen molar-refractivity contribution >= 4 is 17.6 Å². The number of anilines is 2. The van der Waals surface area contributed by atoms with Crippen molar-refractivity contribution in [2.24, 2.45) is 17.8 Å². The van der Waals surface area contributed by atoms with Gasteiger partial charge in [-0.05, 0) is 60.6 Å². The molecular weight excluding hydrogens is 222 g/mol. The molecular formula is C15H19N3. The Kier molecular flexibility index (Phi) is 2.02. The van der Waals surface area contributed by atoms with E-state index < -0.39 is 0 Å². The zero-order valence-corrected chi connectivity index (χ0v) is 10.4. The molecule has 4 N–H and O–H groups in total. The van der Waals surface area contributed by atoms with Gasteiger partial charge in [0.25, 0.3) is 0 Å². The highest BCUT2D eigenvalue weighted by Crippen LogP contribution is 2.60. The molecule has 2 fully saturated rings. The number of rotatable bonds is 1. The van der Waals surface area contributed by atoms with Crippen molar-refractivity contribution in [3.05, 3.63) is 23.3 Å². The highest BCUT2D eigenvalue weighted by molar-refractivity contribution is 5.90. The number of nitrogens with two attached hydrogens (primary N) is 1. The Balaban J connectivity index is 1.91. The average Bonchev–Trinajstić information content (AvgIpc) is 2.99. The first-order valence-corrected chi connectivity index (χ1v) is 6.96. The summed E-state index contributed by atoms with van der Waals surface area (Å²) in [6.45, 7) is 1.11. The molecule has 1 aromatic rings. The fourth-order valence-corrected chi connectivity index (χ4v) is 4.71. The lowest BCUT2D eigenvalue weighted by atomic mass is 9.71. The summed E-state index contributed by atoms with van der Waals surface area (Å²) in [6.07, 6.45) is 5.62. The first-order chi connectivity index (χ1) is 8.79. The molecule has 0 spiro atoms. The minimum absolute atomic E-state index is 0.653. The van der Waals surface area contributed by atoms with E-state index in [2.05, 4.69) is 11.4 Å². The maximum Gasteiger partial charge on any atom is 0.0407 e. The maximum absolute atomic E-state index is 7.68. The molecule has 2 aliphatic carbocycles. The summed E-state index contributed by atoms with van der Waals surface area (Å²) >= 11 is 0. The molecule has 3 heteroatoms. The molecule has 0 aromatic heterocycles. The SMILES string of the molecule is N=Cc1c(N)ccc2c1[C@H]1C3CCC(C3)[C@H]1CN2. The largest absolute Gasteiger partial charge is 0.398 e. The Labute approximate surface area is 107 Å². The number of nitrogen functional groups attached to an aromatic ring is 1. The van der Waals surface area contributed by atoms with Crippen LogP contribution in [0.2, 0.25) is 0 Å². The molecule has 0 amide bonds. The summed E-state index contributed by atoms with van der Waals surface area (Å²) in [5.74, 6) is 3.17. The van der Waals surface area contributed by atoms with Gasteiger partial charge in [0.2, 0.25) is 0 Å². The molecule has 2 unspecified atom stereocenters. The number of benzene rings is 1. The van der Waals surface area contributed by atoms with Gasteiger partial charge in [-0.15, -0.1) is 0 Å². The van der Waals surface area contributed by atoms with E-state index in [-0.39, 0.29) is 0 Å². The van der Waals surface area contributed by atoms with Gasteiger partial charge in [0.15, 0.2) is 0 Å². The van der Waals surface area contributed by atoms with Crippen molar-refractivity contribution in [1.82, 2.24) is 0 Å². The van der Waals surface area contributed by atoms with Crippen LogP contribution in [0.4, 0.5) is 11.4 Å². The predicted octanol–water partition coefficient (Wildman–Crippen LogP) is 2.82. The number of hydrogen-bond acceptors (Lipinski definition) is 3. The highest BCUT2D eigenvalue weighted by atomic mass is 14.9. The van der Waals surface area contributed by atoms with E-state index in [1.807, 2.05) is 6.07 Å². The molecule has 4 rings (SSSR count). The van der Waals surface area contributed by atoms with Crippen LogP contribution in [-0.4, -0.2) is 12.8 Å². The summed E-state index contributed by atoms with van der Waals surface area (Å²) in [7, 11) is 0. The lowest BCUT2D eigenvalue weighted by molar-refractivity contribution is 0.294. The van der Waals surface area contributed by atoms with Crippen molar-refractivity contribution in [2.45, 2.75) is 25.2 Å². The van der Waals surface area contributed by atoms with E-state index in [0.717, 1.165) is 35.5 Å². The zero-order valence-electron chi connectivity index (χ0n) is 10.4. The summed E-state index contributed by atoms with van der Waals surface area (Å²) in [6, 6.07) is 4.03. The summed E-state index contributed by atoms with van der Waals surface area (Å²) in [5, 5.41) is 11.2. The van der Waals surface area contributed by atoms with Crippen LogP contribution >= 0.6 is 0 Å². The number of nitrogens with one attached hydrogen (secondary N) is 2. The Morgan fingerprint density at radius 2 is 2.11 bits per heavy atom. The van der Waals surface area contributed by atoms with Gasteiger partial charge in [0.05, 0.1) is 0 Å². The second-order valence-corrected chi connectivity index (χ2v) is 6.08. The molecule has 94 valence electrons. The molecule has 3 aliphatic rings. The van der Waals surface area contributed by atoms with Gasteiger partial charge in [0, 0.05) is 29.7 Å². The molecule has 1 aliphatic heterocycles. The molecule has 0 radical (unpaired) electrons. The van der Waals surface area contributed by atoms with Crippen molar-refractivity contribution in [3.8, 4) is 0 Å². The van der Waals surface area contributed by atoms with Crippen molar-refractivity contribution in [1.29, 1.82) is 5.41 Å². The van der Waals surface area contributed by atoms with Crippen LogP contribution in [0.15, 0.2) is 12.1 Å². The molecule has 3 nitrogen and oxygen atoms in total. The van der Waals surface area contributed by atoms with Crippen LogP contribution in [0.3, 0.4) is 0 Å². The minimum Gasteiger partial charge on any atom is -0.398 e. The van der Waals surface area contributed by atoms with Crippen molar-refractivity contribution in [2.75, 3.05) is 17.6 Å². The molecule has 2 bridgehead atoms. The van der Waals surface area contributed by atoms with Gasteiger partial charge in [-0.1, -0.05) is 0 Å². The normalized spacial score (nSPS) is 35.8. The van der Waals surface area contributed by atoms with E-state index in [9.17, 15) is 0 Å². The topological polar surface area (TPSA) is 61.9 Å².